The lowest BCUT2D eigenvalue weighted by atomic mass is 10.00. The van der Waals surface area contributed by atoms with Crippen LogP contribution in [0.25, 0.3) is 0 Å². The first kappa shape index (κ1) is 17.1. The van der Waals surface area contributed by atoms with Crippen LogP contribution in [0.3, 0.4) is 0 Å². The largest absolute Gasteiger partial charge is 0.416 e. The SMILES string of the molecule is C=CC(=O)Nc1ccc2c(c1)N(c1cccc(C(F)(F)F)c1)CCC2. The van der Waals surface area contributed by atoms with E-state index in [0.717, 1.165) is 36.2 Å². The maximum atomic E-state index is 13.0. The number of carbonyl (C=O) groups excluding carboxylic acids is 1. The molecule has 1 aliphatic heterocycles. The molecule has 3 nitrogen and oxygen atoms in total. The molecule has 0 atom stereocenters. The number of amides is 1. The van der Waals surface area contributed by atoms with E-state index in [1.807, 2.05) is 11.0 Å². The van der Waals surface area contributed by atoms with Gasteiger partial charge in [-0.15, -0.1) is 0 Å². The fourth-order valence-electron chi connectivity index (χ4n) is 2.96. The molecule has 1 aliphatic rings. The number of nitrogens with one attached hydrogen (secondary N) is 1. The first-order valence-corrected chi connectivity index (χ1v) is 7.89. The van der Waals surface area contributed by atoms with Crippen LogP contribution in [-0.2, 0) is 17.4 Å². The predicted molar refractivity (Wildman–Crippen MR) is 92.0 cm³/mol. The number of benzene rings is 2. The third-order valence-electron chi connectivity index (χ3n) is 4.14. The summed E-state index contributed by atoms with van der Waals surface area (Å²) in [6, 6.07) is 10.8. The van der Waals surface area contributed by atoms with E-state index in [9.17, 15) is 18.0 Å². The molecule has 2 aromatic rings. The average Bonchev–Trinajstić information content (AvgIpc) is 2.60. The van der Waals surface area contributed by atoms with Gasteiger partial charge in [0.15, 0.2) is 0 Å². The van der Waals surface area contributed by atoms with Gasteiger partial charge in [-0.05, 0) is 54.8 Å². The van der Waals surface area contributed by atoms with Crippen LogP contribution in [0.2, 0.25) is 0 Å². The van der Waals surface area contributed by atoms with Crippen molar-refractivity contribution in [3.05, 3.63) is 66.2 Å². The Morgan fingerprint density at radius 2 is 2.00 bits per heavy atom. The quantitative estimate of drug-likeness (QED) is 0.801. The van der Waals surface area contributed by atoms with Crippen molar-refractivity contribution in [3.63, 3.8) is 0 Å². The second-order valence-electron chi connectivity index (χ2n) is 5.84. The highest BCUT2D eigenvalue weighted by atomic mass is 19.4. The summed E-state index contributed by atoms with van der Waals surface area (Å²) in [5.41, 5.74) is 2.26. The molecule has 1 heterocycles. The van der Waals surface area contributed by atoms with E-state index in [4.69, 9.17) is 0 Å². The monoisotopic (exact) mass is 346 g/mol. The summed E-state index contributed by atoms with van der Waals surface area (Å²) in [6.07, 6.45) is -1.51. The highest BCUT2D eigenvalue weighted by Crippen LogP contribution is 2.38. The van der Waals surface area contributed by atoms with Crippen LogP contribution in [0, 0.1) is 0 Å². The molecule has 3 rings (SSSR count). The molecule has 0 unspecified atom stereocenters. The summed E-state index contributed by atoms with van der Waals surface area (Å²) in [4.78, 5) is 13.3. The van der Waals surface area contributed by atoms with Gasteiger partial charge >= 0.3 is 6.18 Å². The minimum absolute atomic E-state index is 0.332. The van der Waals surface area contributed by atoms with Crippen LogP contribution >= 0.6 is 0 Å². The lowest BCUT2D eigenvalue weighted by Gasteiger charge is -2.32. The molecule has 0 fully saturated rings. The second-order valence-corrected chi connectivity index (χ2v) is 5.84. The summed E-state index contributed by atoms with van der Waals surface area (Å²) in [5.74, 6) is -0.332. The van der Waals surface area contributed by atoms with Gasteiger partial charge in [-0.1, -0.05) is 18.7 Å². The van der Waals surface area contributed by atoms with E-state index in [1.54, 1.807) is 18.2 Å². The van der Waals surface area contributed by atoms with Crippen molar-refractivity contribution in [2.45, 2.75) is 19.0 Å². The number of alkyl halides is 3. The van der Waals surface area contributed by atoms with Gasteiger partial charge in [0, 0.05) is 23.6 Å². The van der Waals surface area contributed by atoms with Crippen molar-refractivity contribution >= 4 is 23.0 Å². The zero-order valence-corrected chi connectivity index (χ0v) is 13.4. The number of carbonyl (C=O) groups is 1. The topological polar surface area (TPSA) is 32.3 Å². The number of fused-ring (bicyclic) bond motifs is 1. The number of aryl methyl sites for hydroxylation is 1. The lowest BCUT2D eigenvalue weighted by molar-refractivity contribution is -0.137. The third kappa shape index (κ3) is 3.68. The van der Waals surface area contributed by atoms with Crippen LogP contribution in [0.15, 0.2) is 55.1 Å². The van der Waals surface area contributed by atoms with Crippen LogP contribution in [-0.4, -0.2) is 12.5 Å². The minimum atomic E-state index is -4.38. The molecule has 2 aromatic carbocycles. The lowest BCUT2D eigenvalue weighted by Crippen LogP contribution is -2.25. The van der Waals surface area contributed by atoms with Gasteiger partial charge in [0.1, 0.15) is 0 Å². The van der Waals surface area contributed by atoms with Gasteiger partial charge in [-0.2, -0.15) is 13.2 Å². The van der Waals surface area contributed by atoms with Gasteiger partial charge in [-0.25, -0.2) is 0 Å². The fourth-order valence-corrected chi connectivity index (χ4v) is 2.96. The van der Waals surface area contributed by atoms with E-state index in [2.05, 4.69) is 11.9 Å². The highest BCUT2D eigenvalue weighted by Gasteiger charge is 2.31. The Hall–Kier alpha value is -2.76. The Morgan fingerprint density at radius 1 is 1.20 bits per heavy atom. The van der Waals surface area contributed by atoms with Gasteiger partial charge < -0.3 is 10.2 Å². The zero-order valence-electron chi connectivity index (χ0n) is 13.4. The molecule has 0 bridgehead atoms. The van der Waals surface area contributed by atoms with E-state index in [0.29, 0.717) is 17.9 Å². The van der Waals surface area contributed by atoms with E-state index < -0.39 is 11.7 Å². The number of hydrogen-bond donors (Lipinski definition) is 1. The Bertz CT molecular complexity index is 815. The van der Waals surface area contributed by atoms with Crippen molar-refractivity contribution in [1.29, 1.82) is 0 Å². The molecule has 0 saturated heterocycles. The molecule has 6 heteroatoms. The van der Waals surface area contributed by atoms with Crippen molar-refractivity contribution in [3.8, 4) is 0 Å². The Balaban J connectivity index is 1.99. The minimum Gasteiger partial charge on any atom is -0.341 e. The predicted octanol–water partition coefficient (Wildman–Crippen LogP) is 4.91. The van der Waals surface area contributed by atoms with Gasteiger partial charge in [-0.3, -0.25) is 4.79 Å². The molecule has 25 heavy (non-hydrogen) atoms. The molecule has 0 radical (unpaired) electrons. The van der Waals surface area contributed by atoms with Gasteiger partial charge in [0.05, 0.1) is 5.56 Å². The van der Waals surface area contributed by atoms with Crippen LogP contribution in [0.4, 0.5) is 30.2 Å². The maximum absolute atomic E-state index is 13.0. The van der Waals surface area contributed by atoms with Crippen molar-refractivity contribution < 1.29 is 18.0 Å². The fraction of sp³-hybridized carbons (Fsp3) is 0.211. The molecule has 0 spiro atoms. The van der Waals surface area contributed by atoms with Gasteiger partial charge in [0.25, 0.3) is 0 Å². The first-order chi connectivity index (χ1) is 11.9. The molecular formula is C19H17F3N2O. The molecule has 0 saturated carbocycles. The number of rotatable bonds is 3. The highest BCUT2D eigenvalue weighted by molar-refractivity contribution is 5.99. The number of halogens is 3. The smallest absolute Gasteiger partial charge is 0.341 e. The summed E-state index contributed by atoms with van der Waals surface area (Å²) in [5, 5.41) is 2.69. The molecular weight excluding hydrogens is 329 g/mol. The van der Waals surface area contributed by atoms with Gasteiger partial charge in [0.2, 0.25) is 5.91 Å². The second kappa shape index (κ2) is 6.63. The normalized spacial score (nSPS) is 14.0. The first-order valence-electron chi connectivity index (χ1n) is 7.89. The average molecular weight is 346 g/mol. The molecule has 0 aliphatic carbocycles. The molecule has 1 amide bonds. The van der Waals surface area contributed by atoms with Crippen LogP contribution in [0.5, 0.6) is 0 Å². The van der Waals surface area contributed by atoms with Crippen molar-refractivity contribution in [2.75, 3.05) is 16.8 Å². The van der Waals surface area contributed by atoms with Crippen LogP contribution < -0.4 is 10.2 Å². The van der Waals surface area contributed by atoms with Crippen molar-refractivity contribution in [1.82, 2.24) is 0 Å². The van der Waals surface area contributed by atoms with Crippen molar-refractivity contribution in [2.24, 2.45) is 0 Å². The summed E-state index contributed by atoms with van der Waals surface area (Å²) in [6.45, 7) is 4.03. The molecule has 0 aromatic heterocycles. The van der Waals surface area contributed by atoms with Crippen LogP contribution in [0.1, 0.15) is 17.5 Å². The number of nitrogens with zero attached hydrogens (tertiary/aromatic N) is 1. The van der Waals surface area contributed by atoms with E-state index >= 15 is 0 Å². The number of hydrogen-bond acceptors (Lipinski definition) is 2. The summed E-state index contributed by atoms with van der Waals surface area (Å²) >= 11 is 0. The maximum Gasteiger partial charge on any atom is 0.416 e. The molecule has 1 N–H and O–H groups in total. The van der Waals surface area contributed by atoms with E-state index in [-0.39, 0.29) is 5.91 Å². The standard InChI is InChI=1S/C19H17F3N2O/c1-2-18(25)23-15-9-8-13-5-4-10-24(17(13)12-15)16-7-3-6-14(11-16)19(20,21)22/h2-3,6-9,11-12H,1,4-5,10H2,(H,23,25). The summed E-state index contributed by atoms with van der Waals surface area (Å²) in [7, 11) is 0. The summed E-state index contributed by atoms with van der Waals surface area (Å²) < 4.78 is 39.0. The van der Waals surface area contributed by atoms with E-state index in [1.165, 1.54) is 12.1 Å². The zero-order chi connectivity index (χ0) is 18.0. The Kier molecular flexibility index (Phi) is 4.53. The third-order valence-corrected chi connectivity index (χ3v) is 4.14. The Labute approximate surface area is 143 Å². The number of anilines is 3. The Morgan fingerprint density at radius 3 is 2.72 bits per heavy atom. The molecule has 130 valence electrons.